The number of carbonyl (C=O) groups is 1. The van der Waals surface area contributed by atoms with E-state index in [0.717, 1.165) is 73.3 Å². The van der Waals surface area contributed by atoms with E-state index >= 15 is 0 Å². The van der Waals surface area contributed by atoms with Gasteiger partial charge < -0.3 is 10.1 Å². The minimum absolute atomic E-state index is 0.0356. The van der Waals surface area contributed by atoms with E-state index in [-0.39, 0.29) is 18.3 Å². The van der Waals surface area contributed by atoms with Gasteiger partial charge in [0.25, 0.3) is 0 Å². The fraction of sp³-hybridized carbons (Fsp3) is 0.565. The van der Waals surface area contributed by atoms with Crippen molar-refractivity contribution in [1.29, 1.82) is 0 Å². The van der Waals surface area contributed by atoms with Crippen LogP contribution >= 0.6 is 0 Å². The van der Waals surface area contributed by atoms with Gasteiger partial charge >= 0.3 is 16.2 Å². The van der Waals surface area contributed by atoms with Crippen molar-refractivity contribution in [3.8, 4) is 0 Å². The van der Waals surface area contributed by atoms with Gasteiger partial charge in [-0.05, 0) is 87.2 Å². The van der Waals surface area contributed by atoms with Crippen molar-refractivity contribution < 1.29 is 17.7 Å². The van der Waals surface area contributed by atoms with Crippen LogP contribution in [-0.4, -0.2) is 55.3 Å². The minimum Gasteiger partial charge on any atom is -0.608 e. The average molecular weight is 489 g/mol. The van der Waals surface area contributed by atoms with Crippen LogP contribution in [-0.2, 0) is 42.9 Å². The summed E-state index contributed by atoms with van der Waals surface area (Å²) in [6.07, 6.45) is 10.3. The van der Waals surface area contributed by atoms with E-state index in [2.05, 4.69) is 21.4 Å². The number of benzene rings is 1. The first-order chi connectivity index (χ1) is 16.3. The zero-order chi connectivity index (χ0) is 24.0. The molecule has 184 valence electrons. The number of rotatable bonds is 6. The van der Waals surface area contributed by atoms with Crippen LogP contribution in [0.3, 0.4) is 0 Å². The number of aryl methyl sites for hydroxylation is 3. The molecule has 0 bridgehead atoms. The lowest BCUT2D eigenvalue weighted by Gasteiger charge is -2.31. The molecule has 1 aromatic carbocycles. The van der Waals surface area contributed by atoms with Crippen LogP contribution in [0.15, 0.2) is 18.5 Å². The zero-order valence-corrected chi connectivity index (χ0v) is 20.5. The van der Waals surface area contributed by atoms with Crippen molar-refractivity contribution in [3.05, 3.63) is 45.9 Å². The number of hydroxylamine groups is 1. The van der Waals surface area contributed by atoms with Gasteiger partial charge in [-0.3, -0.25) is 10.00 Å². The molecule has 0 radical (unpaired) electrons. The molecule has 1 saturated heterocycles. The van der Waals surface area contributed by atoms with Gasteiger partial charge in [0.05, 0.1) is 24.1 Å². The Morgan fingerprint density at radius 3 is 2.41 bits per heavy atom. The third-order valence-electron chi connectivity index (χ3n) is 7.45. The highest BCUT2D eigenvalue weighted by Crippen LogP contribution is 2.38. The lowest BCUT2D eigenvalue weighted by molar-refractivity contribution is -0.604. The fourth-order valence-corrected chi connectivity index (χ4v) is 6.86. The maximum atomic E-state index is 13.5. The summed E-state index contributed by atoms with van der Waals surface area (Å²) < 4.78 is 28.1. The first kappa shape index (κ1) is 23.3. The number of likely N-dealkylation sites (tertiary alicyclic amines) is 1. The van der Waals surface area contributed by atoms with Crippen LogP contribution in [0.5, 0.6) is 0 Å². The largest absolute Gasteiger partial charge is 0.608 e. The van der Waals surface area contributed by atoms with Crippen molar-refractivity contribution in [2.75, 3.05) is 29.8 Å². The number of hydrogen-bond acceptors (Lipinski definition) is 6. The molecule has 5 rings (SSSR count). The summed E-state index contributed by atoms with van der Waals surface area (Å²) in [5.41, 5.74) is 5.46. The number of nitrogens with one attached hydrogen (secondary N) is 2. The normalized spacial score (nSPS) is 20.9. The minimum atomic E-state index is -4.60. The van der Waals surface area contributed by atoms with E-state index in [4.69, 9.17) is 0 Å². The van der Waals surface area contributed by atoms with E-state index < -0.39 is 20.7 Å². The number of amides is 2. The van der Waals surface area contributed by atoms with Crippen LogP contribution in [0, 0.1) is 5.21 Å². The summed E-state index contributed by atoms with van der Waals surface area (Å²) >= 11 is 0. The fourth-order valence-electron chi connectivity index (χ4n) is 5.63. The summed E-state index contributed by atoms with van der Waals surface area (Å²) in [7, 11) is -0.974. The Morgan fingerprint density at radius 2 is 1.85 bits per heavy atom. The Hall–Kier alpha value is -2.47. The Balaban J connectivity index is 1.43. The average Bonchev–Trinajstić information content (AvgIpc) is 3.59. The lowest BCUT2D eigenvalue weighted by atomic mass is 9.99. The third-order valence-corrected chi connectivity index (χ3v) is 9.04. The highest BCUT2D eigenvalue weighted by molar-refractivity contribution is 7.86. The zero-order valence-electron chi connectivity index (χ0n) is 19.7. The number of urea groups is 1. The number of likely N-dealkylation sites (N-methyl/N-ethyl adjacent to an activating group) is 1. The molecule has 2 atom stereocenters. The molecule has 2 aliphatic carbocycles. The second kappa shape index (κ2) is 8.95. The van der Waals surface area contributed by atoms with Crippen molar-refractivity contribution in [1.82, 2.24) is 14.7 Å². The Morgan fingerprint density at radius 1 is 1.18 bits per heavy atom. The van der Waals surface area contributed by atoms with E-state index in [1.165, 1.54) is 22.0 Å². The van der Waals surface area contributed by atoms with E-state index in [0.29, 0.717) is 5.69 Å². The van der Waals surface area contributed by atoms with E-state index in [1.807, 2.05) is 7.05 Å². The maximum Gasteiger partial charge on any atom is 0.436 e. The number of fused-ring (bicyclic) bond motifs is 2. The smallest absolute Gasteiger partial charge is 0.436 e. The number of carbonyl (C=O) groups excluding carboxylic acids is 1. The van der Waals surface area contributed by atoms with Gasteiger partial charge in [0.2, 0.25) is 0 Å². The lowest BCUT2D eigenvalue weighted by Crippen LogP contribution is -3.14. The second-order valence-electron chi connectivity index (χ2n) is 9.66. The molecule has 3 aliphatic rings. The monoisotopic (exact) mass is 488 g/mol. The molecule has 1 unspecified atom stereocenters. The van der Waals surface area contributed by atoms with Crippen LogP contribution in [0.25, 0.3) is 0 Å². The third kappa shape index (κ3) is 4.10. The van der Waals surface area contributed by atoms with Crippen LogP contribution in [0.4, 0.5) is 16.2 Å². The molecule has 2 aromatic rings. The van der Waals surface area contributed by atoms with Crippen LogP contribution in [0.2, 0.25) is 0 Å². The number of aromatic nitrogens is 2. The quantitative estimate of drug-likeness (QED) is 0.590. The van der Waals surface area contributed by atoms with Crippen molar-refractivity contribution in [2.45, 2.75) is 57.4 Å². The molecule has 1 aliphatic heterocycles. The molecular weight excluding hydrogens is 456 g/mol. The van der Waals surface area contributed by atoms with Crippen LogP contribution in [0.1, 0.15) is 47.9 Å². The number of nitrogens with zero attached hydrogens (tertiary/aromatic N) is 4. The second-order valence-corrected chi connectivity index (χ2v) is 11.4. The molecule has 34 heavy (non-hydrogen) atoms. The van der Waals surface area contributed by atoms with Gasteiger partial charge in [-0.1, -0.05) is 6.07 Å². The maximum absolute atomic E-state index is 13.5. The van der Waals surface area contributed by atoms with Crippen molar-refractivity contribution in [3.63, 3.8) is 0 Å². The molecule has 2 N–H and O–H groups in total. The topological polar surface area (TPSA) is 115 Å². The number of hydrogen-bond donors (Lipinski definition) is 2. The molecule has 1 fully saturated rings. The van der Waals surface area contributed by atoms with Gasteiger partial charge in [-0.2, -0.15) is 18.0 Å². The van der Waals surface area contributed by atoms with E-state index in [9.17, 15) is 18.4 Å². The summed E-state index contributed by atoms with van der Waals surface area (Å²) in [6, 6.07) is 1.09. The molecule has 0 saturated carbocycles. The Bertz CT molecular complexity index is 1180. The molecule has 0 spiro atoms. The van der Waals surface area contributed by atoms with Crippen molar-refractivity contribution in [2.24, 2.45) is 7.05 Å². The molecular formula is C23H32N6O4S. The highest BCUT2D eigenvalue weighted by atomic mass is 32.2. The van der Waals surface area contributed by atoms with Gasteiger partial charge in [-0.25, -0.2) is 9.10 Å². The molecule has 10 nitrogen and oxygen atoms in total. The summed E-state index contributed by atoms with van der Waals surface area (Å²) in [6.45, 7) is 0.962. The Labute approximate surface area is 200 Å². The predicted octanol–water partition coefficient (Wildman–Crippen LogP) is 1.16. The van der Waals surface area contributed by atoms with Gasteiger partial charge in [0.1, 0.15) is 0 Å². The first-order valence-electron chi connectivity index (χ1n) is 12.0. The van der Waals surface area contributed by atoms with Crippen molar-refractivity contribution >= 4 is 27.6 Å². The van der Waals surface area contributed by atoms with Gasteiger partial charge in [-0.15, -0.1) is 0 Å². The highest BCUT2D eigenvalue weighted by Gasteiger charge is 2.38. The van der Waals surface area contributed by atoms with E-state index in [1.54, 1.807) is 13.2 Å². The molecule has 2 heterocycles. The summed E-state index contributed by atoms with van der Waals surface area (Å²) in [5, 5.41) is 20.0. The Kier molecular flexibility index (Phi) is 6.13. The number of anilines is 2. The summed E-state index contributed by atoms with van der Waals surface area (Å²) in [4.78, 5) is 15.2. The molecule has 1 aromatic heterocycles. The summed E-state index contributed by atoms with van der Waals surface area (Å²) in [5.74, 6) is 0. The first-order valence-corrected chi connectivity index (χ1v) is 13.4. The van der Waals surface area contributed by atoms with Gasteiger partial charge in [0, 0.05) is 19.3 Å². The number of quaternary nitrogens is 1. The standard InChI is InChI=1S/C23H32N6O4S/c1-26-11-5-8-18(26)15-28(19-13-24-27(2)14-19)34(32,33)29(31)23(30)25-22-20-9-3-6-16(20)12-17-7-4-10-21(17)22/h12-14,18,29H,3-11,15H2,1-2H3,(H,25,30)/t18-/m0/s1. The van der Waals surface area contributed by atoms with Gasteiger partial charge in [0.15, 0.2) is 0 Å². The predicted molar refractivity (Wildman–Crippen MR) is 129 cm³/mol. The molecule has 11 heteroatoms. The molecule has 2 amide bonds. The van der Waals surface area contributed by atoms with Crippen LogP contribution < -0.4 is 14.1 Å². The SMILES string of the molecule is CN1CCC[C@H]1CN(c1cnn(C)c1)S(=O)(=O)[NH+]([O-])C(=O)Nc1c2c(cc3c1CCC3)CCC2.